The fourth-order valence-electron chi connectivity index (χ4n) is 1.60. The summed E-state index contributed by atoms with van der Waals surface area (Å²) in [6.45, 7) is 9.35. The molecule has 0 radical (unpaired) electrons. The molecule has 0 N–H and O–H groups in total. The minimum absolute atomic E-state index is 0.582. The molecule has 1 rings (SSSR count). The zero-order valence-corrected chi connectivity index (χ0v) is 8.33. The van der Waals surface area contributed by atoms with Gasteiger partial charge in [0, 0.05) is 0 Å². The SMILES string of the molecule is CC1=C(C)CCC(C)(C)CC1. The first-order valence-electron chi connectivity index (χ1n) is 4.66. The van der Waals surface area contributed by atoms with Crippen LogP contribution in [0.5, 0.6) is 0 Å². The van der Waals surface area contributed by atoms with Gasteiger partial charge in [-0.1, -0.05) is 25.0 Å². The van der Waals surface area contributed by atoms with Gasteiger partial charge in [0.25, 0.3) is 0 Å². The third kappa shape index (κ3) is 2.36. The molecule has 0 aromatic rings. The standard InChI is InChI=1S/C11H20/c1-9-5-7-11(3,4)8-6-10(9)2/h5-8H2,1-4H3. The molecule has 64 valence electrons. The Balaban J connectivity index is 2.64. The number of rotatable bonds is 0. The molecule has 0 bridgehead atoms. The summed E-state index contributed by atoms with van der Waals surface area (Å²) in [5.74, 6) is 0. The Morgan fingerprint density at radius 2 is 1.27 bits per heavy atom. The molecule has 0 heteroatoms. The molecular weight excluding hydrogens is 132 g/mol. The van der Waals surface area contributed by atoms with Crippen molar-refractivity contribution in [1.82, 2.24) is 0 Å². The summed E-state index contributed by atoms with van der Waals surface area (Å²) in [4.78, 5) is 0. The van der Waals surface area contributed by atoms with Crippen LogP contribution in [0, 0.1) is 5.41 Å². The second-order valence-corrected chi connectivity index (χ2v) is 4.72. The molecule has 1 aliphatic carbocycles. The molecule has 0 saturated carbocycles. The van der Waals surface area contributed by atoms with Gasteiger partial charge in [-0.15, -0.1) is 0 Å². The molecule has 0 amide bonds. The van der Waals surface area contributed by atoms with E-state index in [0.29, 0.717) is 5.41 Å². The van der Waals surface area contributed by atoms with Gasteiger partial charge < -0.3 is 0 Å². The first-order valence-corrected chi connectivity index (χ1v) is 4.66. The molecule has 0 spiro atoms. The molecule has 0 nitrogen and oxygen atoms in total. The van der Waals surface area contributed by atoms with Gasteiger partial charge in [0.15, 0.2) is 0 Å². The predicted molar refractivity (Wildman–Crippen MR) is 50.6 cm³/mol. The number of hydrogen-bond acceptors (Lipinski definition) is 0. The summed E-state index contributed by atoms with van der Waals surface area (Å²) in [6.07, 6.45) is 5.38. The molecule has 0 unspecified atom stereocenters. The van der Waals surface area contributed by atoms with Crippen molar-refractivity contribution >= 4 is 0 Å². The van der Waals surface area contributed by atoms with Gasteiger partial charge in [-0.3, -0.25) is 0 Å². The van der Waals surface area contributed by atoms with Crippen LogP contribution < -0.4 is 0 Å². The van der Waals surface area contributed by atoms with Crippen LogP contribution in [0.3, 0.4) is 0 Å². The lowest BCUT2D eigenvalue weighted by molar-refractivity contribution is 0.316. The van der Waals surface area contributed by atoms with Gasteiger partial charge in [0.2, 0.25) is 0 Å². The average molecular weight is 152 g/mol. The van der Waals surface area contributed by atoms with E-state index in [1.165, 1.54) is 25.7 Å². The number of allylic oxidation sites excluding steroid dienone is 2. The first-order chi connectivity index (χ1) is 5.01. The van der Waals surface area contributed by atoms with Crippen LogP contribution in [0.1, 0.15) is 53.4 Å². The third-order valence-electron chi connectivity index (χ3n) is 3.08. The van der Waals surface area contributed by atoms with Crippen molar-refractivity contribution in [1.29, 1.82) is 0 Å². The fraction of sp³-hybridized carbons (Fsp3) is 0.818. The van der Waals surface area contributed by atoms with E-state index in [9.17, 15) is 0 Å². The molecule has 0 atom stereocenters. The first kappa shape index (κ1) is 8.83. The normalized spacial score (nSPS) is 25.1. The summed E-state index contributed by atoms with van der Waals surface area (Å²) in [6, 6.07) is 0. The lowest BCUT2D eigenvalue weighted by atomic mass is 9.84. The summed E-state index contributed by atoms with van der Waals surface area (Å²) in [5.41, 5.74) is 3.85. The zero-order valence-electron chi connectivity index (χ0n) is 8.33. The van der Waals surface area contributed by atoms with Gasteiger partial charge in [-0.05, 0) is 44.9 Å². The van der Waals surface area contributed by atoms with Crippen LogP contribution in [0.4, 0.5) is 0 Å². The highest BCUT2D eigenvalue weighted by Gasteiger charge is 2.20. The van der Waals surface area contributed by atoms with E-state index in [1.807, 2.05) is 0 Å². The van der Waals surface area contributed by atoms with E-state index < -0.39 is 0 Å². The molecule has 1 aliphatic rings. The number of hydrogen-bond donors (Lipinski definition) is 0. The smallest absolute Gasteiger partial charge is 0.0315 e. The lowest BCUT2D eigenvalue weighted by Crippen LogP contribution is -2.08. The highest BCUT2D eigenvalue weighted by molar-refractivity contribution is 5.12. The Bertz CT molecular complexity index is 154. The Hall–Kier alpha value is -0.260. The molecule has 0 saturated heterocycles. The van der Waals surface area contributed by atoms with Crippen LogP contribution in [0.25, 0.3) is 0 Å². The van der Waals surface area contributed by atoms with E-state index in [2.05, 4.69) is 27.7 Å². The third-order valence-corrected chi connectivity index (χ3v) is 3.08. The molecule has 11 heavy (non-hydrogen) atoms. The monoisotopic (exact) mass is 152 g/mol. The zero-order chi connectivity index (χ0) is 8.48. The molecule has 0 fully saturated rings. The summed E-state index contributed by atoms with van der Waals surface area (Å²) >= 11 is 0. The van der Waals surface area contributed by atoms with E-state index in [1.54, 1.807) is 11.1 Å². The minimum atomic E-state index is 0.582. The molecule has 0 heterocycles. The fourth-order valence-corrected chi connectivity index (χ4v) is 1.60. The second kappa shape index (κ2) is 3.00. The van der Waals surface area contributed by atoms with Crippen LogP contribution in [-0.2, 0) is 0 Å². The quantitative estimate of drug-likeness (QED) is 0.461. The maximum absolute atomic E-state index is 2.39. The van der Waals surface area contributed by atoms with Crippen molar-refractivity contribution in [2.45, 2.75) is 53.4 Å². The van der Waals surface area contributed by atoms with Crippen molar-refractivity contribution in [2.75, 3.05) is 0 Å². The molecule has 0 aliphatic heterocycles. The summed E-state index contributed by atoms with van der Waals surface area (Å²) in [5, 5.41) is 0. The van der Waals surface area contributed by atoms with Crippen LogP contribution in [-0.4, -0.2) is 0 Å². The van der Waals surface area contributed by atoms with Crippen molar-refractivity contribution in [2.24, 2.45) is 5.41 Å². The average Bonchev–Trinajstić information content (AvgIpc) is 2.03. The van der Waals surface area contributed by atoms with E-state index >= 15 is 0 Å². The van der Waals surface area contributed by atoms with Crippen molar-refractivity contribution < 1.29 is 0 Å². The van der Waals surface area contributed by atoms with E-state index in [-0.39, 0.29) is 0 Å². The summed E-state index contributed by atoms with van der Waals surface area (Å²) in [7, 11) is 0. The van der Waals surface area contributed by atoms with E-state index in [4.69, 9.17) is 0 Å². The Morgan fingerprint density at radius 3 is 1.64 bits per heavy atom. The van der Waals surface area contributed by atoms with Gasteiger partial charge in [0.05, 0.1) is 0 Å². The van der Waals surface area contributed by atoms with Crippen LogP contribution >= 0.6 is 0 Å². The highest BCUT2D eigenvalue weighted by atomic mass is 14.3. The highest BCUT2D eigenvalue weighted by Crippen LogP contribution is 2.35. The molecule has 0 aromatic heterocycles. The Kier molecular flexibility index (Phi) is 2.41. The van der Waals surface area contributed by atoms with Gasteiger partial charge in [-0.2, -0.15) is 0 Å². The predicted octanol–water partition coefficient (Wildman–Crippen LogP) is 3.92. The van der Waals surface area contributed by atoms with E-state index in [0.717, 1.165) is 0 Å². The van der Waals surface area contributed by atoms with Crippen molar-refractivity contribution in [3.63, 3.8) is 0 Å². The molecule has 0 aromatic carbocycles. The largest absolute Gasteiger partial charge is 0.0744 e. The minimum Gasteiger partial charge on any atom is -0.0744 e. The Labute approximate surface area is 70.7 Å². The van der Waals surface area contributed by atoms with Crippen LogP contribution in [0.2, 0.25) is 0 Å². The van der Waals surface area contributed by atoms with Gasteiger partial charge >= 0.3 is 0 Å². The Morgan fingerprint density at radius 1 is 0.909 bits per heavy atom. The van der Waals surface area contributed by atoms with Crippen molar-refractivity contribution in [3.8, 4) is 0 Å². The van der Waals surface area contributed by atoms with Gasteiger partial charge in [-0.25, -0.2) is 0 Å². The lowest BCUT2D eigenvalue weighted by Gasteiger charge is -2.21. The topological polar surface area (TPSA) is 0 Å². The molecular formula is C11H20. The van der Waals surface area contributed by atoms with Gasteiger partial charge in [0.1, 0.15) is 0 Å². The second-order valence-electron chi connectivity index (χ2n) is 4.72. The van der Waals surface area contributed by atoms with Crippen molar-refractivity contribution in [3.05, 3.63) is 11.1 Å². The maximum Gasteiger partial charge on any atom is -0.0315 e. The maximum atomic E-state index is 2.39. The summed E-state index contributed by atoms with van der Waals surface area (Å²) < 4.78 is 0. The van der Waals surface area contributed by atoms with Crippen LogP contribution in [0.15, 0.2) is 11.1 Å².